The Kier molecular flexibility index (Phi) is 6.33. The summed E-state index contributed by atoms with van der Waals surface area (Å²) in [6, 6.07) is 12.4. The van der Waals surface area contributed by atoms with Gasteiger partial charge < -0.3 is 9.30 Å². The minimum absolute atomic E-state index is 0. The highest BCUT2D eigenvalue weighted by Crippen LogP contribution is 2.31. The number of fused-ring (bicyclic) bond motifs is 3. The van der Waals surface area contributed by atoms with Crippen LogP contribution in [0.3, 0.4) is 0 Å². The number of aromatic nitrogens is 3. The molecule has 0 saturated carbocycles. The zero-order chi connectivity index (χ0) is 21.4. The summed E-state index contributed by atoms with van der Waals surface area (Å²) < 4.78 is 22.5. The molecule has 5 rings (SSSR count). The summed E-state index contributed by atoms with van der Waals surface area (Å²) in [5.41, 5.74) is 5.32. The van der Waals surface area contributed by atoms with Crippen LogP contribution in [-0.4, -0.2) is 14.1 Å². The van der Waals surface area contributed by atoms with Crippen LogP contribution < -0.4 is 10.3 Å². The van der Waals surface area contributed by atoms with E-state index in [0.29, 0.717) is 11.4 Å². The third kappa shape index (κ3) is 4.15. The van der Waals surface area contributed by atoms with Crippen molar-refractivity contribution >= 4 is 23.3 Å². The summed E-state index contributed by atoms with van der Waals surface area (Å²) in [5, 5.41) is 1.29. The van der Waals surface area contributed by atoms with Crippen molar-refractivity contribution < 1.29 is 9.13 Å². The van der Waals surface area contributed by atoms with E-state index >= 15 is 0 Å². The fourth-order valence-corrected chi connectivity index (χ4v) is 4.49. The van der Waals surface area contributed by atoms with E-state index in [1.54, 1.807) is 22.9 Å². The molecule has 0 amide bonds. The molecule has 1 aliphatic rings. The first kappa shape index (κ1) is 22.1. The Hall–Kier alpha value is -3.12. The molecule has 0 N–H and O–H groups in total. The predicted octanol–water partition coefficient (Wildman–Crippen LogP) is 5.13. The van der Waals surface area contributed by atoms with Crippen molar-refractivity contribution in [3.05, 3.63) is 88.0 Å². The Labute approximate surface area is 191 Å². The van der Waals surface area contributed by atoms with Crippen molar-refractivity contribution in [2.24, 2.45) is 7.05 Å². The van der Waals surface area contributed by atoms with Gasteiger partial charge in [-0.05, 0) is 61.6 Å². The highest BCUT2D eigenvalue weighted by molar-refractivity contribution is 5.87. The van der Waals surface area contributed by atoms with E-state index < -0.39 is 5.82 Å². The van der Waals surface area contributed by atoms with E-state index in [4.69, 9.17) is 4.74 Å². The van der Waals surface area contributed by atoms with E-state index in [0.717, 1.165) is 24.7 Å². The van der Waals surface area contributed by atoms with Crippen LogP contribution in [0.2, 0.25) is 0 Å². The van der Waals surface area contributed by atoms with Crippen LogP contribution >= 0.6 is 12.4 Å². The van der Waals surface area contributed by atoms with Crippen LogP contribution in [0.25, 0.3) is 16.6 Å². The average Bonchev–Trinajstić information content (AvgIpc) is 2.93. The van der Waals surface area contributed by atoms with Gasteiger partial charge in [0.15, 0.2) is 0 Å². The lowest BCUT2D eigenvalue weighted by Crippen LogP contribution is -2.16. The summed E-state index contributed by atoms with van der Waals surface area (Å²) in [5.74, 6) is 0.0666. The monoisotopic (exact) mass is 453 g/mol. The van der Waals surface area contributed by atoms with Gasteiger partial charge >= 0.3 is 0 Å². The van der Waals surface area contributed by atoms with Gasteiger partial charge in [-0.25, -0.2) is 4.39 Å². The number of hydrogen-bond donors (Lipinski definition) is 0. The predicted molar refractivity (Wildman–Crippen MR) is 126 cm³/mol. The number of rotatable bonds is 4. The maximum absolute atomic E-state index is 13.0. The quantitative estimate of drug-likeness (QED) is 0.402. The highest BCUT2D eigenvalue weighted by atomic mass is 35.5. The minimum Gasteiger partial charge on any atom is -0.487 e. The van der Waals surface area contributed by atoms with Crippen molar-refractivity contribution in [1.82, 2.24) is 14.1 Å². The Morgan fingerprint density at radius 3 is 2.69 bits per heavy atom. The molecule has 1 aliphatic carbocycles. The summed E-state index contributed by atoms with van der Waals surface area (Å²) >= 11 is 0. The molecule has 7 heteroatoms. The van der Waals surface area contributed by atoms with Crippen LogP contribution in [0, 0.1) is 5.82 Å². The second-order valence-corrected chi connectivity index (χ2v) is 8.07. The molecule has 32 heavy (non-hydrogen) atoms. The van der Waals surface area contributed by atoms with Gasteiger partial charge in [-0.1, -0.05) is 12.5 Å². The van der Waals surface area contributed by atoms with E-state index in [-0.39, 0.29) is 24.6 Å². The van der Waals surface area contributed by atoms with E-state index in [2.05, 4.69) is 28.7 Å². The van der Waals surface area contributed by atoms with Gasteiger partial charge in [-0.2, -0.15) is 0 Å². The molecule has 4 aromatic rings. The van der Waals surface area contributed by atoms with Crippen LogP contribution in [0.1, 0.15) is 36.2 Å². The topological polar surface area (TPSA) is 49.0 Å². The first-order valence-corrected chi connectivity index (χ1v) is 10.7. The normalized spacial score (nSPS) is 13.3. The van der Waals surface area contributed by atoms with Crippen molar-refractivity contribution in [3.63, 3.8) is 0 Å². The zero-order valence-electron chi connectivity index (χ0n) is 17.9. The van der Waals surface area contributed by atoms with Crippen LogP contribution in [0.4, 0.5) is 4.39 Å². The summed E-state index contributed by atoms with van der Waals surface area (Å²) in [4.78, 5) is 16.7. The zero-order valence-corrected chi connectivity index (χ0v) is 18.7. The number of nitrogens with zero attached hydrogens (tertiary/aromatic N) is 3. The molecule has 0 bridgehead atoms. The molecule has 0 atom stereocenters. The number of aryl methyl sites for hydroxylation is 2. The van der Waals surface area contributed by atoms with Crippen LogP contribution in [0.15, 0.2) is 59.7 Å². The van der Waals surface area contributed by atoms with Gasteiger partial charge in [0.25, 0.3) is 5.56 Å². The van der Waals surface area contributed by atoms with Gasteiger partial charge in [0.1, 0.15) is 18.2 Å². The first-order valence-electron chi connectivity index (χ1n) is 10.7. The van der Waals surface area contributed by atoms with Crippen LogP contribution in [-0.2, 0) is 26.5 Å². The van der Waals surface area contributed by atoms with Gasteiger partial charge in [-0.3, -0.25) is 14.3 Å². The Bertz CT molecular complexity index is 1310. The standard InChI is InChI=1S/C25H24FN3O2.ClH/c1-28-23-6-4-2-3-5-21(23)22-10-9-19(13-24(22)28)29-12-11-20(14-25(29)30)31-16-18-8-7-17(26)15-27-18;/h7-15H,2-6,16H2,1H3;1H. The van der Waals surface area contributed by atoms with Gasteiger partial charge in [-0.15, -0.1) is 12.4 Å². The van der Waals surface area contributed by atoms with Gasteiger partial charge in [0.05, 0.1) is 23.1 Å². The van der Waals surface area contributed by atoms with E-state index in [1.807, 2.05) is 6.07 Å². The molecular formula is C25H25ClFN3O2. The number of hydrogen-bond acceptors (Lipinski definition) is 3. The van der Waals surface area contributed by atoms with Crippen molar-refractivity contribution in [1.29, 1.82) is 0 Å². The second-order valence-electron chi connectivity index (χ2n) is 8.07. The number of halogens is 2. The molecule has 0 aliphatic heterocycles. The summed E-state index contributed by atoms with van der Waals surface area (Å²) in [7, 11) is 2.12. The lowest BCUT2D eigenvalue weighted by Gasteiger charge is -2.10. The fraction of sp³-hybridized carbons (Fsp3) is 0.280. The third-order valence-corrected chi connectivity index (χ3v) is 6.11. The Morgan fingerprint density at radius 1 is 1.06 bits per heavy atom. The largest absolute Gasteiger partial charge is 0.487 e. The average molecular weight is 454 g/mol. The smallest absolute Gasteiger partial charge is 0.258 e. The molecule has 0 spiro atoms. The molecule has 0 fully saturated rings. The lowest BCUT2D eigenvalue weighted by atomic mass is 10.1. The number of ether oxygens (including phenoxy) is 1. The lowest BCUT2D eigenvalue weighted by molar-refractivity contribution is 0.300. The van der Waals surface area contributed by atoms with E-state index in [1.165, 1.54) is 53.6 Å². The maximum atomic E-state index is 13.0. The SMILES string of the molecule is Cl.Cn1c2c(c3ccc(-n4ccc(OCc5ccc(F)cn5)cc4=O)cc31)CCCCC2. The molecule has 0 saturated heterocycles. The Balaban J connectivity index is 0.00000245. The number of pyridine rings is 2. The maximum Gasteiger partial charge on any atom is 0.258 e. The molecular weight excluding hydrogens is 429 g/mol. The molecule has 5 nitrogen and oxygen atoms in total. The Morgan fingerprint density at radius 2 is 1.91 bits per heavy atom. The molecule has 0 unspecified atom stereocenters. The van der Waals surface area contributed by atoms with Crippen molar-refractivity contribution in [3.8, 4) is 11.4 Å². The molecule has 166 valence electrons. The van der Waals surface area contributed by atoms with Crippen molar-refractivity contribution in [2.75, 3.05) is 0 Å². The van der Waals surface area contributed by atoms with Gasteiger partial charge in [0, 0.05) is 30.4 Å². The third-order valence-electron chi connectivity index (χ3n) is 6.11. The second kappa shape index (κ2) is 9.17. The minimum atomic E-state index is -0.391. The molecule has 3 heterocycles. The molecule has 3 aromatic heterocycles. The molecule has 0 radical (unpaired) electrons. The van der Waals surface area contributed by atoms with Gasteiger partial charge in [0.2, 0.25) is 0 Å². The first-order chi connectivity index (χ1) is 15.1. The van der Waals surface area contributed by atoms with Crippen molar-refractivity contribution in [2.45, 2.75) is 38.7 Å². The molecule has 1 aromatic carbocycles. The van der Waals surface area contributed by atoms with Crippen LogP contribution in [0.5, 0.6) is 5.75 Å². The number of benzene rings is 1. The van der Waals surface area contributed by atoms with E-state index in [9.17, 15) is 9.18 Å². The highest BCUT2D eigenvalue weighted by Gasteiger charge is 2.17. The summed E-state index contributed by atoms with van der Waals surface area (Å²) in [6.07, 6.45) is 8.88. The fourth-order valence-electron chi connectivity index (χ4n) is 4.49. The summed E-state index contributed by atoms with van der Waals surface area (Å²) in [6.45, 7) is 0.171.